The molecule has 0 aromatic rings. The molecule has 0 saturated heterocycles. The third-order valence-corrected chi connectivity index (χ3v) is 0. The lowest BCUT2D eigenvalue weighted by atomic mass is 11.2. The highest BCUT2D eigenvalue weighted by Gasteiger charge is 1.72. The Morgan fingerprint density at radius 1 is 1.50 bits per heavy atom. The normalized spacial score (nSPS) is 9.00. The van der Waals surface area contributed by atoms with Gasteiger partial charge < -0.3 is 0 Å². The largest absolute Gasteiger partial charge is 0.134 e. The Hall–Kier alpha value is -0.0800. The first-order valence-electron chi connectivity index (χ1n) is 1.15. The molecule has 4 heavy (non-hydrogen) atoms. The fourth-order valence-corrected chi connectivity index (χ4v) is 0. The lowest BCUT2D eigenvalue weighted by Crippen LogP contribution is -2.26. The quantitative estimate of drug-likeness (QED) is 0.223. The zero-order valence-electron chi connectivity index (χ0n) is 3.02. The molecule has 2 N–H and O–H groups in total. The monoisotopic (exact) mass is 60.1 g/mol. The van der Waals surface area contributed by atoms with Gasteiger partial charge in [-0.1, -0.05) is 5.01 Å². The summed E-state index contributed by atoms with van der Waals surface area (Å²) in [6.45, 7) is 0. The molecule has 0 unspecified atom stereocenters. The highest BCUT2D eigenvalue weighted by atomic mass is 15.4. The van der Waals surface area contributed by atoms with Gasteiger partial charge in [0, 0.05) is 0 Å². The van der Waals surface area contributed by atoms with E-state index in [0.29, 0.717) is 0 Å². The smallest absolute Gasteiger partial charge is 0.131 e. The topological polar surface area (TPSA) is 31.9 Å². The fraction of sp³-hybridized carbons (Fsp3) is 1.00. The van der Waals surface area contributed by atoms with Crippen molar-refractivity contribution in [1.82, 2.24) is 5.01 Å². The van der Waals surface area contributed by atoms with Crippen molar-refractivity contribution >= 4 is 0 Å². The molecule has 0 heterocycles. The van der Waals surface area contributed by atoms with Gasteiger partial charge in [0.1, 0.15) is 14.1 Å². The van der Waals surface area contributed by atoms with Crippen LogP contribution in [0.25, 0.3) is 0 Å². The molecular formula is C2H8N2+. The van der Waals surface area contributed by atoms with Gasteiger partial charge in [-0.05, 0) is 0 Å². The van der Waals surface area contributed by atoms with E-state index < -0.39 is 0 Å². The highest BCUT2D eigenvalue weighted by Crippen LogP contribution is 1.29. The van der Waals surface area contributed by atoms with Crippen LogP contribution in [0.1, 0.15) is 0 Å². The molecular weight excluding hydrogens is 52.0 g/mol. The summed E-state index contributed by atoms with van der Waals surface area (Å²) in [7, 11) is 3.56. The molecule has 2 nitrogen and oxygen atoms in total. The van der Waals surface area contributed by atoms with Crippen LogP contribution < -0.4 is 10.9 Å². The van der Waals surface area contributed by atoms with Gasteiger partial charge in [0.15, 0.2) is 0 Å². The molecule has 2 heteroatoms. The average molecular weight is 60.1 g/mol. The van der Waals surface area contributed by atoms with Gasteiger partial charge in [0.2, 0.25) is 0 Å². The summed E-state index contributed by atoms with van der Waals surface area (Å²) < 4.78 is 0. The van der Waals surface area contributed by atoms with E-state index >= 15 is 0 Å². The Bertz CT molecular complexity index is 8.75. The summed E-state index contributed by atoms with van der Waals surface area (Å²) in [5.41, 5.74) is 0. The molecule has 0 aromatic carbocycles. The molecule has 25 valence electrons. The Balaban J connectivity index is 2.32. The highest BCUT2D eigenvalue weighted by molar-refractivity contribution is 4.13. The van der Waals surface area contributed by atoms with Crippen molar-refractivity contribution in [3.8, 4) is 0 Å². The Morgan fingerprint density at radius 3 is 1.50 bits per heavy atom. The average Bonchev–Trinajstić information content (AvgIpc) is 0.811. The molecule has 0 aliphatic carbocycles. The molecule has 0 spiro atoms. The second-order valence-electron chi connectivity index (χ2n) is 0.964. The first kappa shape index (κ1) is 3.92. The Labute approximate surface area is 26.2 Å². The van der Waals surface area contributed by atoms with E-state index in [9.17, 15) is 0 Å². The van der Waals surface area contributed by atoms with Crippen molar-refractivity contribution in [2.75, 3.05) is 14.1 Å². The molecule has 0 amide bonds. The minimum atomic E-state index is 1.50. The van der Waals surface area contributed by atoms with Crippen LogP contribution in [0.5, 0.6) is 0 Å². The summed E-state index contributed by atoms with van der Waals surface area (Å²) in [5.74, 6) is 4.94. The molecule has 0 aromatic heterocycles. The van der Waals surface area contributed by atoms with E-state index in [4.69, 9.17) is 5.84 Å². The van der Waals surface area contributed by atoms with Gasteiger partial charge in [0.25, 0.3) is 0 Å². The van der Waals surface area contributed by atoms with Gasteiger partial charge in [-0.2, -0.15) is 0 Å². The summed E-state index contributed by atoms with van der Waals surface area (Å²) in [4.78, 5) is 0. The van der Waals surface area contributed by atoms with Crippen LogP contribution >= 0.6 is 0 Å². The summed E-state index contributed by atoms with van der Waals surface area (Å²) >= 11 is 0. The summed E-state index contributed by atoms with van der Waals surface area (Å²) in [6, 6.07) is 0. The Kier molecular flexibility index (Phi) is 1.24. The predicted molar refractivity (Wildman–Crippen MR) is 18.2 cm³/mol. The Morgan fingerprint density at radius 2 is 1.50 bits per heavy atom. The standard InChI is InChI=1S/C2H8N2/c1-4(2)3/h3H2,1-2H3/q+1. The molecule has 0 atom stereocenters. The summed E-state index contributed by atoms with van der Waals surface area (Å²) in [5, 5.41) is 1.50. The lowest BCUT2D eigenvalue weighted by Gasteiger charge is -1.76. The maximum atomic E-state index is 4.94. The number of nitrogens with zero attached hydrogens (tertiary/aromatic N) is 1. The van der Waals surface area contributed by atoms with Crippen molar-refractivity contribution in [1.29, 1.82) is 0 Å². The van der Waals surface area contributed by atoms with Crippen molar-refractivity contribution < 1.29 is 0 Å². The van der Waals surface area contributed by atoms with Gasteiger partial charge in [-0.15, -0.1) is 5.84 Å². The van der Waals surface area contributed by atoms with E-state index in [1.807, 2.05) is 0 Å². The molecule has 0 rings (SSSR count). The first-order valence-corrected chi connectivity index (χ1v) is 1.15. The fourth-order valence-electron chi connectivity index (χ4n) is 0. The lowest BCUT2D eigenvalue weighted by molar-refractivity contribution is 0.603. The number of hydrogen-bond donors (Lipinski definition) is 1. The van der Waals surface area contributed by atoms with Gasteiger partial charge in [-0.25, -0.2) is 0 Å². The van der Waals surface area contributed by atoms with Gasteiger partial charge >= 0.3 is 0 Å². The molecule has 0 bridgehead atoms. The van der Waals surface area contributed by atoms with Crippen molar-refractivity contribution in [3.05, 3.63) is 0 Å². The second kappa shape index (κ2) is 1.26. The molecule has 0 fully saturated rings. The predicted octanol–water partition coefficient (Wildman–Crippen LogP) is -0.740. The third-order valence-electron chi connectivity index (χ3n) is 0. The molecule has 0 aliphatic heterocycles. The van der Waals surface area contributed by atoms with Gasteiger partial charge in [-0.3, -0.25) is 0 Å². The van der Waals surface area contributed by atoms with E-state index in [2.05, 4.69) is 0 Å². The number of hydrogen-bond acceptors (Lipinski definition) is 2. The number of rotatable bonds is 0. The SMILES string of the molecule is C[N+](C)N. The third kappa shape index (κ3) is 254. The van der Waals surface area contributed by atoms with Crippen molar-refractivity contribution in [3.63, 3.8) is 0 Å². The minimum Gasteiger partial charge on any atom is -0.131 e. The van der Waals surface area contributed by atoms with E-state index in [1.165, 1.54) is 5.01 Å². The van der Waals surface area contributed by atoms with Crippen LogP contribution in [-0.2, 0) is 0 Å². The van der Waals surface area contributed by atoms with Gasteiger partial charge in [0.05, 0.1) is 0 Å². The van der Waals surface area contributed by atoms with E-state index in [0.717, 1.165) is 0 Å². The van der Waals surface area contributed by atoms with Crippen molar-refractivity contribution in [2.45, 2.75) is 0 Å². The maximum absolute atomic E-state index is 4.94. The zero-order valence-corrected chi connectivity index (χ0v) is 3.02. The van der Waals surface area contributed by atoms with Crippen LogP contribution in [0.3, 0.4) is 0 Å². The summed E-state index contributed by atoms with van der Waals surface area (Å²) in [6.07, 6.45) is 0. The number of hydrazine groups is 1. The molecule has 1 radical (unpaired) electrons. The van der Waals surface area contributed by atoms with Crippen LogP contribution in [0, 0.1) is 0 Å². The van der Waals surface area contributed by atoms with Crippen LogP contribution in [0.15, 0.2) is 0 Å². The minimum absolute atomic E-state index is 1.50. The van der Waals surface area contributed by atoms with Crippen LogP contribution in [-0.4, -0.2) is 14.1 Å². The maximum Gasteiger partial charge on any atom is 0.134 e. The second-order valence-corrected chi connectivity index (χ2v) is 0.964. The van der Waals surface area contributed by atoms with E-state index in [1.54, 1.807) is 14.1 Å². The van der Waals surface area contributed by atoms with E-state index in [-0.39, 0.29) is 0 Å². The zero-order chi connectivity index (χ0) is 3.58. The van der Waals surface area contributed by atoms with Crippen LogP contribution in [0.2, 0.25) is 0 Å². The molecule has 0 saturated carbocycles. The van der Waals surface area contributed by atoms with Crippen molar-refractivity contribution in [2.24, 2.45) is 5.84 Å². The number of nitrogens with two attached hydrogens (primary N) is 1. The molecule has 0 aliphatic rings. The van der Waals surface area contributed by atoms with Crippen LogP contribution in [0.4, 0.5) is 0 Å². The first-order chi connectivity index (χ1) is 1.73.